The first kappa shape index (κ1) is 11.9. The predicted molar refractivity (Wildman–Crippen MR) is 69.9 cm³/mol. The van der Waals surface area contributed by atoms with E-state index in [1.165, 1.54) is 24.8 Å². The molecule has 1 aromatic carbocycles. The molecule has 0 radical (unpaired) electrons. The number of hydrogen-bond donors (Lipinski definition) is 2. The van der Waals surface area contributed by atoms with Gasteiger partial charge in [0.05, 0.1) is 4.47 Å². The smallest absolute Gasteiger partial charge is 0.132 e. The van der Waals surface area contributed by atoms with Gasteiger partial charge in [-0.1, -0.05) is 18.6 Å². The predicted octanol–water partition coefficient (Wildman–Crippen LogP) is 3.15. The third kappa shape index (κ3) is 2.58. The Bertz CT molecular complexity index is 372. The molecule has 1 unspecified atom stereocenters. The van der Waals surface area contributed by atoms with Crippen molar-refractivity contribution in [1.82, 2.24) is 5.32 Å². The summed E-state index contributed by atoms with van der Waals surface area (Å²) >= 11 is 3.48. The van der Waals surface area contributed by atoms with Crippen molar-refractivity contribution < 1.29 is 5.11 Å². The van der Waals surface area contributed by atoms with Gasteiger partial charge in [-0.15, -0.1) is 0 Å². The number of aromatic hydroxyl groups is 1. The van der Waals surface area contributed by atoms with Crippen LogP contribution < -0.4 is 5.32 Å². The fraction of sp³-hybridized carbons (Fsp3) is 0.538. The van der Waals surface area contributed by atoms with Crippen LogP contribution in [0.25, 0.3) is 0 Å². The van der Waals surface area contributed by atoms with Crippen LogP contribution in [0.3, 0.4) is 0 Å². The molecule has 0 spiro atoms. The number of phenols is 1. The van der Waals surface area contributed by atoms with Crippen LogP contribution in [-0.2, 0) is 6.42 Å². The fourth-order valence-corrected chi connectivity index (χ4v) is 2.83. The molecule has 0 aliphatic carbocycles. The number of benzene rings is 1. The quantitative estimate of drug-likeness (QED) is 0.874. The van der Waals surface area contributed by atoms with Crippen LogP contribution in [0, 0.1) is 6.92 Å². The van der Waals surface area contributed by atoms with Gasteiger partial charge in [-0.3, -0.25) is 0 Å². The van der Waals surface area contributed by atoms with Crippen LogP contribution in [0.5, 0.6) is 5.75 Å². The minimum Gasteiger partial charge on any atom is -0.506 e. The molecule has 16 heavy (non-hydrogen) atoms. The van der Waals surface area contributed by atoms with Gasteiger partial charge >= 0.3 is 0 Å². The molecule has 1 aliphatic heterocycles. The van der Waals surface area contributed by atoms with Crippen molar-refractivity contribution in [2.45, 2.75) is 38.6 Å². The van der Waals surface area contributed by atoms with E-state index in [0.29, 0.717) is 11.8 Å². The Balaban J connectivity index is 2.11. The molecule has 0 bridgehead atoms. The summed E-state index contributed by atoms with van der Waals surface area (Å²) in [5.74, 6) is 0.383. The van der Waals surface area contributed by atoms with Gasteiger partial charge in [0.25, 0.3) is 0 Å². The zero-order chi connectivity index (χ0) is 11.5. The Morgan fingerprint density at radius 3 is 2.94 bits per heavy atom. The van der Waals surface area contributed by atoms with Gasteiger partial charge in [0.2, 0.25) is 0 Å². The second kappa shape index (κ2) is 5.19. The summed E-state index contributed by atoms with van der Waals surface area (Å²) in [7, 11) is 0. The molecule has 2 N–H and O–H groups in total. The first-order valence-corrected chi connectivity index (χ1v) is 6.68. The van der Waals surface area contributed by atoms with Gasteiger partial charge in [-0.05, 0) is 59.8 Å². The number of hydrogen-bond acceptors (Lipinski definition) is 2. The number of piperidine rings is 1. The monoisotopic (exact) mass is 283 g/mol. The van der Waals surface area contributed by atoms with Crippen LogP contribution >= 0.6 is 15.9 Å². The number of aryl methyl sites for hydroxylation is 1. The van der Waals surface area contributed by atoms with Crippen molar-refractivity contribution in [1.29, 1.82) is 0 Å². The van der Waals surface area contributed by atoms with E-state index in [4.69, 9.17) is 0 Å². The second-order valence-corrected chi connectivity index (χ2v) is 5.35. The van der Waals surface area contributed by atoms with Gasteiger partial charge in [0, 0.05) is 6.04 Å². The highest BCUT2D eigenvalue weighted by Crippen LogP contribution is 2.32. The summed E-state index contributed by atoms with van der Waals surface area (Å²) in [6.45, 7) is 3.04. The van der Waals surface area contributed by atoms with Crippen LogP contribution in [0.1, 0.15) is 30.4 Å². The van der Waals surface area contributed by atoms with Crippen LogP contribution in [0.4, 0.5) is 0 Å². The Morgan fingerprint density at radius 1 is 1.44 bits per heavy atom. The van der Waals surface area contributed by atoms with E-state index in [0.717, 1.165) is 23.0 Å². The second-order valence-electron chi connectivity index (χ2n) is 4.56. The lowest BCUT2D eigenvalue weighted by Crippen LogP contribution is -2.35. The van der Waals surface area contributed by atoms with E-state index in [1.54, 1.807) is 0 Å². The van der Waals surface area contributed by atoms with Crippen molar-refractivity contribution in [2.24, 2.45) is 0 Å². The number of nitrogens with one attached hydrogen (secondary N) is 1. The van der Waals surface area contributed by atoms with E-state index in [9.17, 15) is 5.11 Å². The minimum absolute atomic E-state index is 0.383. The van der Waals surface area contributed by atoms with E-state index >= 15 is 0 Å². The maximum atomic E-state index is 9.85. The molecular weight excluding hydrogens is 266 g/mol. The van der Waals surface area contributed by atoms with Crippen molar-refractivity contribution >= 4 is 15.9 Å². The molecule has 2 nitrogen and oxygen atoms in total. The summed E-state index contributed by atoms with van der Waals surface area (Å²) in [6.07, 6.45) is 4.83. The number of rotatable bonds is 2. The molecule has 0 saturated carbocycles. The Hall–Kier alpha value is -0.540. The maximum Gasteiger partial charge on any atom is 0.132 e. The van der Waals surface area contributed by atoms with Crippen molar-refractivity contribution in [2.75, 3.05) is 6.54 Å². The molecule has 3 heteroatoms. The fourth-order valence-electron chi connectivity index (χ4n) is 2.22. The molecule has 2 rings (SSSR count). The van der Waals surface area contributed by atoms with Gasteiger partial charge in [0.15, 0.2) is 0 Å². The normalized spacial score (nSPS) is 21.0. The molecule has 1 atom stereocenters. The van der Waals surface area contributed by atoms with Crippen LogP contribution in [0.2, 0.25) is 0 Å². The highest BCUT2D eigenvalue weighted by Gasteiger charge is 2.16. The summed E-state index contributed by atoms with van der Waals surface area (Å²) in [4.78, 5) is 0. The lowest BCUT2D eigenvalue weighted by Gasteiger charge is -2.24. The summed E-state index contributed by atoms with van der Waals surface area (Å²) in [5.41, 5.74) is 2.12. The van der Waals surface area contributed by atoms with Crippen molar-refractivity contribution in [3.8, 4) is 5.75 Å². The summed E-state index contributed by atoms with van der Waals surface area (Å²) in [6, 6.07) is 4.65. The van der Waals surface area contributed by atoms with E-state index in [-0.39, 0.29) is 0 Å². The lowest BCUT2D eigenvalue weighted by molar-refractivity contribution is 0.398. The summed E-state index contributed by atoms with van der Waals surface area (Å²) in [5, 5.41) is 13.4. The Morgan fingerprint density at radius 2 is 2.25 bits per heavy atom. The van der Waals surface area contributed by atoms with Gasteiger partial charge < -0.3 is 10.4 Å². The topological polar surface area (TPSA) is 32.3 Å². The average molecular weight is 284 g/mol. The Kier molecular flexibility index (Phi) is 3.87. The zero-order valence-electron chi connectivity index (χ0n) is 9.59. The molecule has 88 valence electrons. The van der Waals surface area contributed by atoms with Crippen LogP contribution in [0.15, 0.2) is 16.6 Å². The lowest BCUT2D eigenvalue weighted by atomic mass is 9.97. The van der Waals surface area contributed by atoms with E-state index in [2.05, 4.69) is 27.3 Å². The van der Waals surface area contributed by atoms with E-state index in [1.807, 2.05) is 13.0 Å². The first-order valence-electron chi connectivity index (χ1n) is 5.89. The standard InChI is InChI=1S/C13H18BrNO/c1-9-5-6-10(12(14)13(9)16)8-11-4-2-3-7-15-11/h5-6,11,15-16H,2-4,7-8H2,1H3. The molecule has 1 aliphatic rings. The maximum absolute atomic E-state index is 9.85. The van der Waals surface area contributed by atoms with Gasteiger partial charge in [-0.2, -0.15) is 0 Å². The largest absolute Gasteiger partial charge is 0.506 e. The minimum atomic E-state index is 0.383. The highest BCUT2D eigenvalue weighted by molar-refractivity contribution is 9.10. The highest BCUT2D eigenvalue weighted by atomic mass is 79.9. The molecule has 1 aromatic rings. The molecule has 0 amide bonds. The van der Waals surface area contributed by atoms with Crippen molar-refractivity contribution in [3.05, 3.63) is 27.7 Å². The zero-order valence-corrected chi connectivity index (χ0v) is 11.2. The Labute approximate surface area is 105 Å². The van der Waals surface area contributed by atoms with Gasteiger partial charge in [-0.25, -0.2) is 0 Å². The summed E-state index contributed by atoms with van der Waals surface area (Å²) < 4.78 is 0.861. The third-order valence-corrected chi connectivity index (χ3v) is 4.16. The SMILES string of the molecule is Cc1ccc(CC2CCCCN2)c(Br)c1O. The molecular formula is C13H18BrNO. The number of phenolic OH excluding ortho intramolecular Hbond substituents is 1. The van der Waals surface area contributed by atoms with E-state index < -0.39 is 0 Å². The molecule has 1 fully saturated rings. The number of halogens is 1. The third-order valence-electron chi connectivity index (χ3n) is 3.28. The van der Waals surface area contributed by atoms with Crippen LogP contribution in [-0.4, -0.2) is 17.7 Å². The average Bonchev–Trinajstić information content (AvgIpc) is 2.31. The molecule has 1 heterocycles. The van der Waals surface area contributed by atoms with Gasteiger partial charge in [0.1, 0.15) is 5.75 Å². The van der Waals surface area contributed by atoms with Crippen molar-refractivity contribution in [3.63, 3.8) is 0 Å². The first-order chi connectivity index (χ1) is 7.68. The molecule has 0 aromatic heterocycles. The molecule has 1 saturated heterocycles.